The normalized spacial score (nSPS) is 15.8. The first-order valence-electron chi connectivity index (χ1n) is 6.22. The number of hydrogen-bond donors (Lipinski definition) is 1. The summed E-state index contributed by atoms with van der Waals surface area (Å²) in [7, 11) is 0. The fraction of sp³-hybridized carbons (Fsp3) is 0.750. The van der Waals surface area contributed by atoms with Crippen molar-refractivity contribution >= 4 is 17.7 Å². The lowest BCUT2D eigenvalue weighted by Gasteiger charge is -2.34. The average molecular weight is 255 g/mol. The highest BCUT2D eigenvalue weighted by atomic mass is 16.2. The van der Waals surface area contributed by atoms with Gasteiger partial charge in [-0.25, -0.2) is 0 Å². The first-order chi connectivity index (χ1) is 8.40. The maximum atomic E-state index is 11.8. The Morgan fingerprint density at radius 1 is 1.06 bits per heavy atom. The van der Waals surface area contributed by atoms with E-state index in [1.165, 1.54) is 6.92 Å². The van der Waals surface area contributed by atoms with Crippen molar-refractivity contribution in [1.29, 1.82) is 0 Å². The zero-order valence-corrected chi connectivity index (χ0v) is 11.2. The van der Waals surface area contributed by atoms with Gasteiger partial charge >= 0.3 is 0 Å². The molecule has 6 heteroatoms. The lowest BCUT2D eigenvalue weighted by atomic mass is 10.2. The van der Waals surface area contributed by atoms with E-state index in [4.69, 9.17) is 0 Å². The highest BCUT2D eigenvalue weighted by Gasteiger charge is 2.23. The molecule has 18 heavy (non-hydrogen) atoms. The molecule has 0 spiro atoms. The van der Waals surface area contributed by atoms with Crippen LogP contribution in [0.1, 0.15) is 27.2 Å². The van der Waals surface area contributed by atoms with Crippen molar-refractivity contribution in [2.24, 2.45) is 0 Å². The molecule has 1 aliphatic rings. The summed E-state index contributed by atoms with van der Waals surface area (Å²) in [5.74, 6) is -0.389. The molecule has 0 saturated carbocycles. The smallest absolute Gasteiger partial charge is 0.232 e. The van der Waals surface area contributed by atoms with E-state index in [0.717, 1.165) is 0 Å². The van der Waals surface area contributed by atoms with Crippen molar-refractivity contribution in [3.05, 3.63) is 0 Å². The molecule has 0 aromatic heterocycles. The van der Waals surface area contributed by atoms with Gasteiger partial charge < -0.3 is 15.1 Å². The van der Waals surface area contributed by atoms with E-state index >= 15 is 0 Å². The first kappa shape index (κ1) is 14.5. The third kappa shape index (κ3) is 4.35. The highest BCUT2D eigenvalue weighted by Crippen LogP contribution is 2.04. The van der Waals surface area contributed by atoms with Gasteiger partial charge in [-0.3, -0.25) is 14.4 Å². The van der Waals surface area contributed by atoms with Crippen LogP contribution in [0.25, 0.3) is 0 Å². The summed E-state index contributed by atoms with van der Waals surface area (Å²) in [4.78, 5) is 37.8. The number of amides is 3. The summed E-state index contributed by atoms with van der Waals surface area (Å²) in [6.45, 7) is 7.34. The molecule has 102 valence electrons. The van der Waals surface area contributed by atoms with Gasteiger partial charge in [-0.2, -0.15) is 0 Å². The lowest BCUT2D eigenvalue weighted by Crippen LogP contribution is -2.50. The monoisotopic (exact) mass is 255 g/mol. The number of nitrogens with one attached hydrogen (secondary N) is 1. The van der Waals surface area contributed by atoms with E-state index in [-0.39, 0.29) is 30.2 Å². The molecule has 1 N–H and O–H groups in total. The van der Waals surface area contributed by atoms with Crippen LogP contribution in [0.4, 0.5) is 0 Å². The summed E-state index contributed by atoms with van der Waals surface area (Å²) in [6.07, 6.45) is -0.113. The topological polar surface area (TPSA) is 69.7 Å². The standard InChI is InChI=1S/C12H21N3O3/c1-9(2)13-11(17)8-12(18)15-6-4-14(5-7-15)10(3)16/h9H,4-8H2,1-3H3,(H,13,17). The Labute approximate surface area is 107 Å². The maximum Gasteiger partial charge on any atom is 0.232 e. The number of carbonyl (C=O) groups excluding carboxylic acids is 3. The van der Waals surface area contributed by atoms with E-state index in [0.29, 0.717) is 26.2 Å². The number of carbonyl (C=O) groups is 3. The van der Waals surface area contributed by atoms with Crippen LogP contribution in [0.3, 0.4) is 0 Å². The van der Waals surface area contributed by atoms with Crippen molar-refractivity contribution < 1.29 is 14.4 Å². The van der Waals surface area contributed by atoms with Crippen molar-refractivity contribution in [2.75, 3.05) is 26.2 Å². The van der Waals surface area contributed by atoms with Crippen LogP contribution >= 0.6 is 0 Å². The van der Waals surface area contributed by atoms with Gasteiger partial charge in [0.1, 0.15) is 6.42 Å². The molecule has 1 rings (SSSR count). The Bertz CT molecular complexity index is 333. The van der Waals surface area contributed by atoms with Crippen LogP contribution in [0.5, 0.6) is 0 Å². The van der Waals surface area contributed by atoms with Crippen LogP contribution in [-0.4, -0.2) is 59.7 Å². The molecular weight excluding hydrogens is 234 g/mol. The van der Waals surface area contributed by atoms with Gasteiger partial charge in [0.05, 0.1) is 0 Å². The molecule has 0 aromatic carbocycles. The van der Waals surface area contributed by atoms with E-state index in [1.807, 2.05) is 13.8 Å². The molecule has 3 amide bonds. The molecule has 1 saturated heterocycles. The molecule has 1 fully saturated rings. The minimum atomic E-state index is -0.246. The second kappa shape index (κ2) is 6.37. The lowest BCUT2D eigenvalue weighted by molar-refractivity contribution is -0.141. The van der Waals surface area contributed by atoms with Gasteiger partial charge in [-0.05, 0) is 13.8 Å². The molecule has 1 heterocycles. The van der Waals surface area contributed by atoms with Crippen molar-refractivity contribution in [3.63, 3.8) is 0 Å². The molecule has 0 unspecified atom stereocenters. The summed E-state index contributed by atoms with van der Waals surface area (Å²) in [5.41, 5.74) is 0. The van der Waals surface area contributed by atoms with Crippen LogP contribution in [0, 0.1) is 0 Å². The second-order valence-electron chi connectivity index (χ2n) is 4.79. The van der Waals surface area contributed by atoms with Crippen molar-refractivity contribution in [1.82, 2.24) is 15.1 Å². The molecule has 0 aliphatic carbocycles. The zero-order valence-electron chi connectivity index (χ0n) is 11.2. The van der Waals surface area contributed by atoms with Crippen LogP contribution < -0.4 is 5.32 Å². The Morgan fingerprint density at radius 3 is 2.00 bits per heavy atom. The average Bonchev–Trinajstić information content (AvgIpc) is 2.27. The van der Waals surface area contributed by atoms with E-state index in [1.54, 1.807) is 9.80 Å². The second-order valence-corrected chi connectivity index (χ2v) is 4.79. The molecule has 0 radical (unpaired) electrons. The van der Waals surface area contributed by atoms with Gasteiger partial charge in [-0.15, -0.1) is 0 Å². The summed E-state index contributed by atoms with van der Waals surface area (Å²) >= 11 is 0. The number of piperazine rings is 1. The number of rotatable bonds is 3. The molecule has 0 aromatic rings. The first-order valence-corrected chi connectivity index (χ1v) is 6.22. The van der Waals surface area contributed by atoms with Gasteiger partial charge in [0.25, 0.3) is 0 Å². The number of nitrogens with zero attached hydrogens (tertiary/aromatic N) is 2. The maximum absolute atomic E-state index is 11.8. The van der Waals surface area contributed by atoms with Crippen molar-refractivity contribution in [3.8, 4) is 0 Å². The Hall–Kier alpha value is -1.59. The summed E-state index contributed by atoms with van der Waals surface area (Å²) in [6, 6.07) is 0.0415. The van der Waals surface area contributed by atoms with Gasteiger partial charge in [0.15, 0.2) is 0 Å². The molecule has 0 atom stereocenters. The fourth-order valence-electron chi connectivity index (χ4n) is 1.89. The van der Waals surface area contributed by atoms with Crippen molar-refractivity contribution in [2.45, 2.75) is 33.2 Å². The van der Waals surface area contributed by atoms with E-state index in [2.05, 4.69) is 5.32 Å². The molecule has 6 nitrogen and oxygen atoms in total. The zero-order chi connectivity index (χ0) is 13.7. The molecule has 1 aliphatic heterocycles. The van der Waals surface area contributed by atoms with Crippen LogP contribution in [0.15, 0.2) is 0 Å². The molecular formula is C12H21N3O3. The Morgan fingerprint density at radius 2 is 1.56 bits per heavy atom. The fourth-order valence-corrected chi connectivity index (χ4v) is 1.89. The van der Waals surface area contributed by atoms with E-state index in [9.17, 15) is 14.4 Å². The van der Waals surface area contributed by atoms with Crippen LogP contribution in [0.2, 0.25) is 0 Å². The molecule has 0 bridgehead atoms. The largest absolute Gasteiger partial charge is 0.353 e. The highest BCUT2D eigenvalue weighted by molar-refractivity contribution is 5.97. The van der Waals surface area contributed by atoms with Gasteiger partial charge in [0, 0.05) is 39.1 Å². The van der Waals surface area contributed by atoms with Crippen LogP contribution in [-0.2, 0) is 14.4 Å². The quantitative estimate of drug-likeness (QED) is 0.697. The minimum Gasteiger partial charge on any atom is -0.353 e. The SMILES string of the molecule is CC(=O)N1CCN(C(=O)CC(=O)NC(C)C)CC1. The Balaban J connectivity index is 2.36. The van der Waals surface area contributed by atoms with Gasteiger partial charge in [-0.1, -0.05) is 0 Å². The minimum absolute atomic E-state index is 0.0275. The number of hydrogen-bond acceptors (Lipinski definition) is 3. The van der Waals surface area contributed by atoms with E-state index < -0.39 is 0 Å². The predicted octanol–water partition coefficient (Wildman–Crippen LogP) is -0.408. The summed E-state index contributed by atoms with van der Waals surface area (Å²) in [5, 5.41) is 2.69. The van der Waals surface area contributed by atoms with Gasteiger partial charge in [0.2, 0.25) is 17.7 Å². The summed E-state index contributed by atoms with van der Waals surface area (Å²) < 4.78 is 0. The predicted molar refractivity (Wildman–Crippen MR) is 66.7 cm³/mol. The third-order valence-electron chi connectivity index (χ3n) is 2.84. The Kier molecular flexibility index (Phi) is 5.12. The third-order valence-corrected chi connectivity index (χ3v) is 2.84.